The van der Waals surface area contributed by atoms with Crippen LogP contribution in [0.3, 0.4) is 0 Å². The number of carbonyl (C=O) groups is 2. The van der Waals surface area contributed by atoms with Crippen LogP contribution in [-0.2, 0) is 4.79 Å². The zero-order valence-electron chi connectivity index (χ0n) is 12.3. The standard InChI is InChI=1S/C17H16N4O2/c18-17(23)20-19-14-11-15(22)21(13-9-5-2-6-10-13)16(14)12-7-3-1-4-8-12/h1-10,16H,11H2,(H3,18,20,23)/b19-14+/t16-/m1/s1. The molecule has 1 fully saturated rings. The molecule has 2 aromatic carbocycles. The minimum atomic E-state index is -0.755. The topological polar surface area (TPSA) is 87.8 Å². The van der Waals surface area contributed by atoms with E-state index in [1.807, 2.05) is 60.7 Å². The van der Waals surface area contributed by atoms with E-state index in [4.69, 9.17) is 5.73 Å². The first kappa shape index (κ1) is 14.8. The van der Waals surface area contributed by atoms with E-state index in [0.717, 1.165) is 11.3 Å². The normalized spacial score (nSPS) is 19.1. The highest BCUT2D eigenvalue weighted by atomic mass is 16.2. The van der Waals surface area contributed by atoms with E-state index in [-0.39, 0.29) is 18.4 Å². The molecule has 1 atom stereocenters. The number of primary amides is 1. The van der Waals surface area contributed by atoms with Gasteiger partial charge in [0, 0.05) is 5.69 Å². The monoisotopic (exact) mass is 308 g/mol. The molecular weight excluding hydrogens is 292 g/mol. The maximum Gasteiger partial charge on any atom is 0.332 e. The van der Waals surface area contributed by atoms with Gasteiger partial charge in [-0.1, -0.05) is 48.5 Å². The molecule has 1 saturated heterocycles. The third-order valence-electron chi connectivity index (χ3n) is 3.63. The van der Waals surface area contributed by atoms with Crippen molar-refractivity contribution < 1.29 is 9.59 Å². The number of urea groups is 1. The van der Waals surface area contributed by atoms with Crippen molar-refractivity contribution in [1.82, 2.24) is 5.43 Å². The number of para-hydroxylation sites is 1. The molecule has 2 aromatic rings. The van der Waals surface area contributed by atoms with E-state index in [0.29, 0.717) is 5.71 Å². The molecule has 0 radical (unpaired) electrons. The second-order valence-corrected chi connectivity index (χ2v) is 5.17. The summed E-state index contributed by atoms with van der Waals surface area (Å²) in [4.78, 5) is 25.1. The van der Waals surface area contributed by atoms with E-state index in [2.05, 4.69) is 10.5 Å². The minimum Gasteiger partial charge on any atom is -0.350 e. The number of benzene rings is 2. The number of nitrogens with two attached hydrogens (primary N) is 1. The van der Waals surface area contributed by atoms with Gasteiger partial charge < -0.3 is 5.73 Å². The molecule has 1 aliphatic heterocycles. The van der Waals surface area contributed by atoms with Crippen LogP contribution in [0.15, 0.2) is 65.8 Å². The van der Waals surface area contributed by atoms with Crippen molar-refractivity contribution in [1.29, 1.82) is 0 Å². The Hall–Kier alpha value is -3.15. The molecule has 3 amide bonds. The Bertz CT molecular complexity index is 744. The van der Waals surface area contributed by atoms with Gasteiger partial charge in [0.05, 0.1) is 12.1 Å². The summed E-state index contributed by atoms with van der Waals surface area (Å²) in [6, 6.07) is 17.8. The first-order valence-corrected chi connectivity index (χ1v) is 7.21. The van der Waals surface area contributed by atoms with Crippen molar-refractivity contribution in [3.63, 3.8) is 0 Å². The summed E-state index contributed by atoms with van der Waals surface area (Å²) in [5.74, 6) is -0.0740. The molecule has 1 heterocycles. The van der Waals surface area contributed by atoms with Gasteiger partial charge in [0.1, 0.15) is 6.04 Å². The van der Waals surface area contributed by atoms with Gasteiger partial charge >= 0.3 is 6.03 Å². The molecule has 3 N–H and O–H groups in total. The average Bonchev–Trinajstić information content (AvgIpc) is 2.91. The Morgan fingerprint density at radius 1 is 1.09 bits per heavy atom. The summed E-state index contributed by atoms with van der Waals surface area (Å²) in [6.07, 6.45) is 0.134. The number of carbonyl (C=O) groups excluding carboxylic acids is 2. The summed E-state index contributed by atoms with van der Waals surface area (Å²) in [5, 5.41) is 4.04. The molecule has 0 unspecified atom stereocenters. The number of hydrogen-bond donors (Lipinski definition) is 2. The number of nitrogens with one attached hydrogen (secondary N) is 1. The Morgan fingerprint density at radius 3 is 2.30 bits per heavy atom. The Balaban J connectivity index is 2.05. The first-order valence-electron chi connectivity index (χ1n) is 7.21. The molecule has 0 spiro atoms. The highest BCUT2D eigenvalue weighted by Gasteiger charge is 2.38. The van der Waals surface area contributed by atoms with E-state index in [9.17, 15) is 9.59 Å². The van der Waals surface area contributed by atoms with Crippen molar-refractivity contribution in [2.75, 3.05) is 4.90 Å². The molecule has 0 bridgehead atoms. The van der Waals surface area contributed by atoms with Crippen LogP contribution in [0, 0.1) is 0 Å². The molecular formula is C17H16N4O2. The average molecular weight is 308 g/mol. The lowest BCUT2D eigenvalue weighted by molar-refractivity contribution is -0.116. The SMILES string of the molecule is NC(=O)N/N=C1\CC(=O)N(c2ccccc2)[C@@H]1c1ccccc1. The summed E-state index contributed by atoms with van der Waals surface area (Å²) in [5.41, 5.74) is 9.58. The second-order valence-electron chi connectivity index (χ2n) is 5.17. The summed E-state index contributed by atoms with van der Waals surface area (Å²) >= 11 is 0. The molecule has 6 nitrogen and oxygen atoms in total. The quantitative estimate of drug-likeness (QED) is 0.851. The van der Waals surface area contributed by atoms with Gasteiger partial charge in [0.25, 0.3) is 0 Å². The Labute approximate surface area is 133 Å². The van der Waals surface area contributed by atoms with E-state index in [1.165, 1.54) is 0 Å². The second kappa shape index (κ2) is 6.31. The maximum atomic E-state index is 12.5. The van der Waals surface area contributed by atoms with Gasteiger partial charge in [0.2, 0.25) is 5.91 Å². The summed E-state index contributed by atoms with van der Waals surface area (Å²) in [6.45, 7) is 0. The van der Waals surface area contributed by atoms with Crippen LogP contribution >= 0.6 is 0 Å². The third kappa shape index (κ3) is 3.06. The fourth-order valence-electron chi connectivity index (χ4n) is 2.72. The first-order chi connectivity index (χ1) is 11.2. The van der Waals surface area contributed by atoms with Crippen LogP contribution in [0.25, 0.3) is 0 Å². The molecule has 23 heavy (non-hydrogen) atoms. The van der Waals surface area contributed by atoms with Crippen LogP contribution in [-0.4, -0.2) is 17.6 Å². The number of nitrogens with zero attached hydrogens (tertiary/aromatic N) is 2. The number of anilines is 1. The summed E-state index contributed by atoms with van der Waals surface area (Å²) < 4.78 is 0. The molecule has 0 saturated carbocycles. The van der Waals surface area contributed by atoms with E-state index < -0.39 is 6.03 Å². The zero-order valence-corrected chi connectivity index (χ0v) is 12.3. The number of hydrazone groups is 1. The number of amides is 3. The van der Waals surface area contributed by atoms with Crippen LogP contribution in [0.4, 0.5) is 10.5 Å². The smallest absolute Gasteiger partial charge is 0.332 e. The fraction of sp³-hybridized carbons (Fsp3) is 0.118. The number of hydrogen-bond acceptors (Lipinski definition) is 3. The highest BCUT2D eigenvalue weighted by molar-refractivity contribution is 6.19. The largest absolute Gasteiger partial charge is 0.350 e. The van der Waals surface area contributed by atoms with Crippen LogP contribution in [0.2, 0.25) is 0 Å². The number of rotatable bonds is 3. The predicted molar refractivity (Wildman–Crippen MR) is 87.9 cm³/mol. The Morgan fingerprint density at radius 2 is 1.70 bits per heavy atom. The van der Waals surface area contributed by atoms with Crippen molar-refractivity contribution >= 4 is 23.3 Å². The van der Waals surface area contributed by atoms with E-state index in [1.54, 1.807) is 4.90 Å². The van der Waals surface area contributed by atoms with Crippen molar-refractivity contribution in [3.8, 4) is 0 Å². The van der Waals surface area contributed by atoms with Crippen molar-refractivity contribution in [2.24, 2.45) is 10.8 Å². The molecule has 0 aromatic heterocycles. The lowest BCUT2D eigenvalue weighted by Gasteiger charge is -2.25. The van der Waals surface area contributed by atoms with Crippen LogP contribution in [0.5, 0.6) is 0 Å². The lowest BCUT2D eigenvalue weighted by Crippen LogP contribution is -2.30. The molecule has 6 heteroatoms. The van der Waals surface area contributed by atoms with Gasteiger partial charge in [-0.2, -0.15) is 5.10 Å². The van der Waals surface area contributed by atoms with Gasteiger partial charge in [-0.05, 0) is 17.7 Å². The molecule has 1 aliphatic rings. The lowest BCUT2D eigenvalue weighted by atomic mass is 10.0. The third-order valence-corrected chi connectivity index (χ3v) is 3.63. The minimum absolute atomic E-state index is 0.0740. The van der Waals surface area contributed by atoms with Gasteiger partial charge in [-0.15, -0.1) is 0 Å². The van der Waals surface area contributed by atoms with Crippen LogP contribution in [0.1, 0.15) is 18.0 Å². The maximum absolute atomic E-state index is 12.5. The predicted octanol–water partition coefficient (Wildman–Crippen LogP) is 2.19. The zero-order chi connectivity index (χ0) is 16.2. The Kier molecular flexibility index (Phi) is 4.05. The van der Waals surface area contributed by atoms with Gasteiger partial charge in [-0.3, -0.25) is 9.69 Å². The van der Waals surface area contributed by atoms with Crippen molar-refractivity contribution in [2.45, 2.75) is 12.5 Å². The van der Waals surface area contributed by atoms with E-state index >= 15 is 0 Å². The van der Waals surface area contributed by atoms with Crippen molar-refractivity contribution in [3.05, 3.63) is 66.2 Å². The molecule has 3 rings (SSSR count). The van der Waals surface area contributed by atoms with Gasteiger partial charge in [-0.25, -0.2) is 10.2 Å². The van der Waals surface area contributed by atoms with Gasteiger partial charge in [0.15, 0.2) is 0 Å². The fourth-order valence-corrected chi connectivity index (χ4v) is 2.72. The molecule has 0 aliphatic carbocycles. The summed E-state index contributed by atoms with van der Waals surface area (Å²) in [7, 11) is 0. The highest BCUT2D eigenvalue weighted by Crippen LogP contribution is 2.35. The molecule has 116 valence electrons. The van der Waals surface area contributed by atoms with Crippen LogP contribution < -0.4 is 16.1 Å².